The van der Waals surface area contributed by atoms with Gasteiger partial charge in [0.05, 0.1) is 0 Å². The molecule has 0 aromatic heterocycles. The summed E-state index contributed by atoms with van der Waals surface area (Å²) in [6, 6.07) is 0. The lowest BCUT2D eigenvalue weighted by atomic mass is 10.2. The zero-order chi connectivity index (χ0) is 9.12. The highest BCUT2D eigenvalue weighted by Crippen LogP contribution is 2.09. The van der Waals surface area contributed by atoms with Crippen LogP contribution in [0.25, 0.3) is 0 Å². The summed E-state index contributed by atoms with van der Waals surface area (Å²) in [6.45, 7) is 12.1. The third-order valence-corrected chi connectivity index (χ3v) is 2.09. The Morgan fingerprint density at radius 2 is 1.00 bits per heavy atom. The first-order valence-corrected chi connectivity index (χ1v) is 4.63. The monoisotopic (exact) mass is 174 g/mol. The van der Waals surface area contributed by atoms with Crippen molar-refractivity contribution in [2.45, 2.75) is 52.7 Å². The van der Waals surface area contributed by atoms with Crippen molar-refractivity contribution in [1.29, 1.82) is 0 Å². The third-order valence-electron chi connectivity index (χ3n) is 0.696. The average Bonchev–Trinajstić information content (AvgIpc) is 1.55. The van der Waals surface area contributed by atoms with Crippen LogP contribution in [-0.4, -0.2) is 21.2 Å². The van der Waals surface area contributed by atoms with Gasteiger partial charge in [0.25, 0.3) is 0 Å². The molecular formula is C8H18O2Si-. The van der Waals surface area contributed by atoms with Crippen molar-refractivity contribution in [2.75, 3.05) is 0 Å². The van der Waals surface area contributed by atoms with Crippen LogP contribution in [-0.2, 0) is 8.85 Å². The van der Waals surface area contributed by atoms with E-state index < -0.39 is 0 Å². The van der Waals surface area contributed by atoms with E-state index in [9.17, 15) is 0 Å². The summed E-state index contributed by atoms with van der Waals surface area (Å²) < 4.78 is 10.8. The Kier molecular flexibility index (Phi) is 3.74. The summed E-state index contributed by atoms with van der Waals surface area (Å²) in [7, 11) is 0.135. The number of rotatable bonds is 2. The van der Waals surface area contributed by atoms with Crippen molar-refractivity contribution in [3.05, 3.63) is 0 Å². The first-order valence-electron chi connectivity index (χ1n) is 3.82. The lowest BCUT2D eigenvalue weighted by Gasteiger charge is -2.37. The standard InChI is InChI=1S/C8H18O2Si/c1-7(2,3)9-11-10-8(4,5)6/h1-6H3/q-1. The van der Waals surface area contributed by atoms with Crippen LogP contribution in [0.4, 0.5) is 0 Å². The van der Waals surface area contributed by atoms with Crippen LogP contribution in [0.15, 0.2) is 0 Å². The Balaban J connectivity index is 3.44. The first-order chi connectivity index (χ1) is 4.71. The molecular weight excluding hydrogens is 156 g/mol. The second-order valence-electron chi connectivity index (χ2n) is 4.51. The summed E-state index contributed by atoms with van der Waals surface area (Å²) in [6.07, 6.45) is 0. The van der Waals surface area contributed by atoms with E-state index in [1.807, 2.05) is 41.5 Å². The fourth-order valence-electron chi connectivity index (χ4n) is 0.271. The highest BCUT2D eigenvalue weighted by atomic mass is 28.3. The molecule has 0 unspecified atom stereocenters. The van der Waals surface area contributed by atoms with Crippen molar-refractivity contribution in [3.63, 3.8) is 0 Å². The summed E-state index contributed by atoms with van der Waals surface area (Å²) in [5.41, 5.74) is -0.187. The minimum Gasteiger partial charge on any atom is -0.583 e. The van der Waals surface area contributed by atoms with Crippen LogP contribution in [0, 0.1) is 0 Å². The maximum atomic E-state index is 5.41. The molecule has 0 aromatic carbocycles. The third kappa shape index (κ3) is 10.1. The van der Waals surface area contributed by atoms with Crippen LogP contribution in [0.3, 0.4) is 0 Å². The van der Waals surface area contributed by atoms with E-state index in [-0.39, 0.29) is 21.2 Å². The summed E-state index contributed by atoms with van der Waals surface area (Å²) >= 11 is 0. The number of hydrogen-bond donors (Lipinski definition) is 0. The fourth-order valence-corrected chi connectivity index (χ4v) is 0.813. The molecule has 0 aliphatic carbocycles. The molecule has 0 rings (SSSR count). The van der Waals surface area contributed by atoms with Gasteiger partial charge in [-0.15, -0.1) is 0 Å². The lowest BCUT2D eigenvalue weighted by Crippen LogP contribution is -2.29. The largest absolute Gasteiger partial charge is 0.583 e. The molecule has 67 valence electrons. The van der Waals surface area contributed by atoms with Gasteiger partial charge >= 0.3 is 0 Å². The van der Waals surface area contributed by atoms with Crippen molar-refractivity contribution in [2.24, 2.45) is 0 Å². The maximum absolute atomic E-state index is 5.41. The van der Waals surface area contributed by atoms with E-state index >= 15 is 0 Å². The van der Waals surface area contributed by atoms with E-state index in [1.165, 1.54) is 0 Å². The van der Waals surface area contributed by atoms with Gasteiger partial charge in [-0.25, -0.2) is 0 Å². The molecule has 0 aromatic rings. The van der Waals surface area contributed by atoms with E-state index in [1.54, 1.807) is 0 Å². The minimum absolute atomic E-state index is 0.0936. The molecule has 0 bridgehead atoms. The molecule has 0 aliphatic rings. The quantitative estimate of drug-likeness (QED) is 0.597. The zero-order valence-electron chi connectivity index (χ0n) is 8.32. The van der Waals surface area contributed by atoms with Crippen LogP contribution in [0.2, 0.25) is 0 Å². The molecule has 0 atom stereocenters. The summed E-state index contributed by atoms with van der Waals surface area (Å²) in [4.78, 5) is 0. The van der Waals surface area contributed by atoms with E-state index in [2.05, 4.69) is 0 Å². The molecule has 11 heavy (non-hydrogen) atoms. The summed E-state index contributed by atoms with van der Waals surface area (Å²) in [5, 5.41) is 0. The van der Waals surface area contributed by atoms with E-state index in [0.29, 0.717) is 0 Å². The number of hydrogen-bond acceptors (Lipinski definition) is 2. The Morgan fingerprint density at radius 1 is 0.727 bits per heavy atom. The van der Waals surface area contributed by atoms with Crippen molar-refractivity contribution in [1.82, 2.24) is 0 Å². The minimum atomic E-state index is -0.0936. The Labute approximate surface area is 72.3 Å². The molecule has 0 saturated heterocycles. The Morgan fingerprint density at radius 3 is 1.18 bits per heavy atom. The predicted octanol–water partition coefficient (Wildman–Crippen LogP) is 2.15. The molecule has 0 aliphatic heterocycles. The van der Waals surface area contributed by atoms with Gasteiger partial charge in [0.15, 0.2) is 0 Å². The van der Waals surface area contributed by atoms with Crippen LogP contribution < -0.4 is 0 Å². The molecule has 0 fully saturated rings. The van der Waals surface area contributed by atoms with Crippen molar-refractivity contribution >= 4 is 10.0 Å². The van der Waals surface area contributed by atoms with Gasteiger partial charge in [-0.05, 0) is 41.5 Å². The predicted molar refractivity (Wildman–Crippen MR) is 47.4 cm³/mol. The van der Waals surface area contributed by atoms with E-state index in [4.69, 9.17) is 8.85 Å². The van der Waals surface area contributed by atoms with Gasteiger partial charge in [-0.2, -0.15) is 0 Å². The van der Waals surface area contributed by atoms with Gasteiger partial charge in [-0.1, -0.05) is 10.0 Å². The smallest absolute Gasteiger partial charge is 0.0167 e. The van der Waals surface area contributed by atoms with Gasteiger partial charge in [0.1, 0.15) is 0 Å². The SMILES string of the molecule is CC(C)(C)O[Si-]OC(C)(C)C. The average molecular weight is 174 g/mol. The van der Waals surface area contributed by atoms with Crippen LogP contribution in [0.1, 0.15) is 41.5 Å². The second kappa shape index (κ2) is 3.69. The van der Waals surface area contributed by atoms with Crippen molar-refractivity contribution in [3.8, 4) is 0 Å². The lowest BCUT2D eigenvalue weighted by molar-refractivity contribution is 0.0511. The highest BCUT2D eigenvalue weighted by molar-refractivity contribution is 6.18. The molecule has 1 radical (unpaired) electrons. The van der Waals surface area contributed by atoms with Gasteiger partial charge in [0, 0.05) is 11.2 Å². The van der Waals surface area contributed by atoms with Gasteiger partial charge < -0.3 is 8.85 Å². The van der Waals surface area contributed by atoms with E-state index in [0.717, 1.165) is 0 Å². The zero-order valence-corrected chi connectivity index (χ0v) is 9.32. The highest BCUT2D eigenvalue weighted by Gasteiger charge is 2.05. The Hall–Kier alpha value is 0.137. The maximum Gasteiger partial charge on any atom is 0.0167 e. The molecule has 0 amide bonds. The van der Waals surface area contributed by atoms with Crippen LogP contribution >= 0.6 is 0 Å². The molecule has 0 saturated carbocycles. The second-order valence-corrected chi connectivity index (χ2v) is 5.09. The first kappa shape index (κ1) is 11.1. The molecule has 2 nitrogen and oxygen atoms in total. The molecule has 0 N–H and O–H groups in total. The van der Waals surface area contributed by atoms with Gasteiger partial charge in [0.2, 0.25) is 0 Å². The normalized spacial score (nSPS) is 13.6. The molecule has 0 heterocycles. The van der Waals surface area contributed by atoms with Gasteiger partial charge in [-0.3, -0.25) is 0 Å². The topological polar surface area (TPSA) is 18.5 Å². The van der Waals surface area contributed by atoms with Crippen molar-refractivity contribution < 1.29 is 8.85 Å². The summed E-state index contributed by atoms with van der Waals surface area (Å²) in [5.74, 6) is 0. The molecule has 0 spiro atoms. The Bertz CT molecular complexity index is 96.2. The molecule has 3 heteroatoms. The fraction of sp³-hybridized carbons (Fsp3) is 1.00. The van der Waals surface area contributed by atoms with Crippen LogP contribution in [0.5, 0.6) is 0 Å².